The standard InChI is InChI=1S/C25H30N4O4/c1-25(14-13-18-8-4-3-5-9-18)23(31)29(24(32)26-25)27-22(30)17-28-15-7-12-21(28)19-10-6-11-20(16-19)33-2/h3-6,8-11,16,21H,7,12-15,17H2,1-2H3,(H,26,32)(H,27,30). The first-order valence-electron chi connectivity index (χ1n) is 11.3. The minimum absolute atomic E-state index is 0.0881. The van der Waals surface area contributed by atoms with E-state index in [1.165, 1.54) is 0 Å². The van der Waals surface area contributed by atoms with E-state index in [0.717, 1.165) is 41.3 Å². The summed E-state index contributed by atoms with van der Waals surface area (Å²) in [5.74, 6) is -0.0546. The Hall–Kier alpha value is -3.39. The number of likely N-dealkylation sites (tertiary alicyclic amines) is 1. The smallest absolute Gasteiger partial charge is 0.344 e. The number of methoxy groups -OCH3 is 1. The Labute approximate surface area is 193 Å². The van der Waals surface area contributed by atoms with E-state index in [1.807, 2.05) is 54.6 Å². The lowest BCUT2D eigenvalue weighted by Gasteiger charge is -2.26. The molecule has 4 rings (SSSR count). The number of hydrazine groups is 1. The molecule has 2 aliphatic rings. The maximum atomic E-state index is 13.0. The molecule has 2 aliphatic heterocycles. The molecule has 8 heteroatoms. The highest BCUT2D eigenvalue weighted by molar-refractivity contribution is 6.07. The first-order valence-corrected chi connectivity index (χ1v) is 11.3. The van der Waals surface area contributed by atoms with Crippen LogP contribution in [0.2, 0.25) is 0 Å². The third-order valence-corrected chi connectivity index (χ3v) is 6.44. The van der Waals surface area contributed by atoms with E-state index in [9.17, 15) is 14.4 Å². The molecule has 0 spiro atoms. The van der Waals surface area contributed by atoms with Crippen LogP contribution >= 0.6 is 0 Å². The molecular weight excluding hydrogens is 420 g/mol. The van der Waals surface area contributed by atoms with Crippen molar-refractivity contribution in [2.45, 2.75) is 44.2 Å². The largest absolute Gasteiger partial charge is 0.497 e. The highest BCUT2D eigenvalue weighted by atomic mass is 16.5. The molecule has 2 unspecified atom stereocenters. The van der Waals surface area contributed by atoms with Gasteiger partial charge in [-0.1, -0.05) is 42.5 Å². The molecule has 0 aliphatic carbocycles. The molecule has 2 atom stereocenters. The van der Waals surface area contributed by atoms with Crippen molar-refractivity contribution in [3.63, 3.8) is 0 Å². The molecule has 2 N–H and O–H groups in total. The topological polar surface area (TPSA) is 91.0 Å². The predicted octanol–water partition coefficient (Wildman–Crippen LogP) is 2.81. The van der Waals surface area contributed by atoms with E-state index < -0.39 is 17.5 Å². The highest BCUT2D eigenvalue weighted by Crippen LogP contribution is 2.33. The van der Waals surface area contributed by atoms with E-state index in [4.69, 9.17) is 4.74 Å². The van der Waals surface area contributed by atoms with Crippen molar-refractivity contribution in [3.05, 3.63) is 65.7 Å². The van der Waals surface area contributed by atoms with Crippen molar-refractivity contribution in [1.29, 1.82) is 0 Å². The highest BCUT2D eigenvalue weighted by Gasteiger charge is 2.48. The number of ether oxygens (including phenoxy) is 1. The second-order valence-corrected chi connectivity index (χ2v) is 8.83. The van der Waals surface area contributed by atoms with Crippen molar-refractivity contribution < 1.29 is 19.1 Å². The Morgan fingerprint density at radius 2 is 1.97 bits per heavy atom. The van der Waals surface area contributed by atoms with Gasteiger partial charge in [0.25, 0.3) is 11.8 Å². The van der Waals surface area contributed by atoms with Crippen LogP contribution in [0.5, 0.6) is 5.75 Å². The van der Waals surface area contributed by atoms with E-state index in [2.05, 4.69) is 15.6 Å². The van der Waals surface area contributed by atoms with Crippen LogP contribution in [-0.2, 0) is 16.0 Å². The van der Waals surface area contributed by atoms with Gasteiger partial charge in [-0.2, -0.15) is 5.01 Å². The van der Waals surface area contributed by atoms with Gasteiger partial charge in [0.1, 0.15) is 11.3 Å². The van der Waals surface area contributed by atoms with Gasteiger partial charge >= 0.3 is 6.03 Å². The summed E-state index contributed by atoms with van der Waals surface area (Å²) in [7, 11) is 1.63. The molecule has 2 aromatic rings. The maximum Gasteiger partial charge on any atom is 0.344 e. The van der Waals surface area contributed by atoms with Gasteiger partial charge in [-0.25, -0.2) is 4.79 Å². The van der Waals surface area contributed by atoms with Gasteiger partial charge in [-0.3, -0.25) is 19.9 Å². The van der Waals surface area contributed by atoms with Crippen LogP contribution < -0.4 is 15.5 Å². The van der Waals surface area contributed by atoms with Crippen molar-refractivity contribution in [2.75, 3.05) is 20.2 Å². The second kappa shape index (κ2) is 9.62. The lowest BCUT2D eigenvalue weighted by atomic mass is 9.93. The van der Waals surface area contributed by atoms with Crippen LogP contribution in [0.15, 0.2) is 54.6 Å². The summed E-state index contributed by atoms with van der Waals surface area (Å²) in [5, 5.41) is 3.57. The Morgan fingerprint density at radius 3 is 2.73 bits per heavy atom. The third-order valence-electron chi connectivity index (χ3n) is 6.44. The fraction of sp³-hybridized carbons (Fsp3) is 0.400. The van der Waals surface area contributed by atoms with Gasteiger partial charge in [0.15, 0.2) is 0 Å². The first kappa shape index (κ1) is 22.8. The third kappa shape index (κ3) is 5.01. The number of hydrogen-bond acceptors (Lipinski definition) is 5. The Morgan fingerprint density at radius 1 is 1.18 bits per heavy atom. The van der Waals surface area contributed by atoms with Crippen LogP contribution in [0.4, 0.5) is 4.79 Å². The number of carbonyl (C=O) groups excluding carboxylic acids is 3. The summed E-state index contributed by atoms with van der Waals surface area (Å²) in [4.78, 5) is 40.3. The average Bonchev–Trinajstić information content (AvgIpc) is 3.36. The number of carbonyl (C=O) groups is 3. The SMILES string of the molecule is COc1cccc(C2CCCN2CC(=O)NN2C(=O)NC(C)(CCc3ccccc3)C2=O)c1. The van der Waals surface area contributed by atoms with E-state index in [0.29, 0.717) is 12.8 Å². The number of amides is 4. The summed E-state index contributed by atoms with van der Waals surface area (Å²) in [5.41, 5.74) is 3.63. The number of rotatable bonds is 8. The first-order chi connectivity index (χ1) is 15.9. The molecule has 33 heavy (non-hydrogen) atoms. The summed E-state index contributed by atoms with van der Waals surface area (Å²) >= 11 is 0. The van der Waals surface area contributed by atoms with Gasteiger partial charge < -0.3 is 10.1 Å². The van der Waals surface area contributed by atoms with Gasteiger partial charge in [-0.15, -0.1) is 0 Å². The van der Waals surface area contributed by atoms with Crippen LogP contribution in [0.25, 0.3) is 0 Å². The molecule has 0 radical (unpaired) electrons. The zero-order valence-electron chi connectivity index (χ0n) is 19.0. The molecule has 0 saturated carbocycles. The number of nitrogens with zero attached hydrogens (tertiary/aromatic N) is 2. The van der Waals surface area contributed by atoms with E-state index in [-0.39, 0.29) is 18.5 Å². The number of aryl methyl sites for hydroxylation is 1. The Balaban J connectivity index is 1.36. The van der Waals surface area contributed by atoms with Crippen LogP contribution in [0.3, 0.4) is 0 Å². The zero-order chi connectivity index (χ0) is 23.4. The molecule has 2 aromatic carbocycles. The lowest BCUT2D eigenvalue weighted by Crippen LogP contribution is -2.51. The number of hydrogen-bond donors (Lipinski definition) is 2. The van der Waals surface area contributed by atoms with Crippen molar-refractivity contribution in [2.24, 2.45) is 0 Å². The second-order valence-electron chi connectivity index (χ2n) is 8.83. The van der Waals surface area contributed by atoms with E-state index >= 15 is 0 Å². The van der Waals surface area contributed by atoms with Crippen molar-refractivity contribution in [1.82, 2.24) is 20.7 Å². The molecule has 2 heterocycles. The van der Waals surface area contributed by atoms with Crippen molar-refractivity contribution >= 4 is 17.8 Å². The molecule has 4 amide bonds. The monoisotopic (exact) mass is 450 g/mol. The number of nitrogens with one attached hydrogen (secondary N) is 2. The molecule has 0 aromatic heterocycles. The molecule has 174 valence electrons. The molecule has 2 fully saturated rings. The van der Waals surface area contributed by atoms with Crippen molar-refractivity contribution in [3.8, 4) is 5.75 Å². The number of urea groups is 1. The maximum absolute atomic E-state index is 13.0. The fourth-order valence-corrected chi connectivity index (χ4v) is 4.58. The zero-order valence-corrected chi connectivity index (χ0v) is 19.0. The quantitative estimate of drug-likeness (QED) is 0.604. The van der Waals surface area contributed by atoms with Crippen LogP contribution in [-0.4, -0.2) is 53.5 Å². The number of imide groups is 1. The minimum Gasteiger partial charge on any atom is -0.497 e. The fourth-order valence-electron chi connectivity index (χ4n) is 4.58. The minimum atomic E-state index is -1.06. The summed E-state index contributed by atoms with van der Waals surface area (Å²) in [6.07, 6.45) is 2.98. The van der Waals surface area contributed by atoms with Crippen LogP contribution in [0, 0.1) is 0 Å². The average molecular weight is 451 g/mol. The summed E-state index contributed by atoms with van der Waals surface area (Å²) in [6, 6.07) is 17.1. The van der Waals surface area contributed by atoms with Crippen LogP contribution in [0.1, 0.15) is 43.4 Å². The molecule has 8 nitrogen and oxygen atoms in total. The lowest BCUT2D eigenvalue weighted by molar-refractivity contribution is -0.139. The normalized spacial score (nSPS) is 23.0. The van der Waals surface area contributed by atoms with Gasteiger partial charge in [0.2, 0.25) is 0 Å². The van der Waals surface area contributed by atoms with Gasteiger partial charge in [0, 0.05) is 6.04 Å². The number of benzene rings is 2. The summed E-state index contributed by atoms with van der Waals surface area (Å²) in [6.45, 7) is 2.56. The summed E-state index contributed by atoms with van der Waals surface area (Å²) < 4.78 is 5.32. The van der Waals surface area contributed by atoms with Gasteiger partial charge in [-0.05, 0) is 62.4 Å². The predicted molar refractivity (Wildman–Crippen MR) is 123 cm³/mol. The van der Waals surface area contributed by atoms with Gasteiger partial charge in [0.05, 0.1) is 13.7 Å². The molecule has 0 bridgehead atoms. The molecule has 2 saturated heterocycles. The Bertz CT molecular complexity index is 1030. The molecular formula is C25H30N4O4. The Kier molecular flexibility index (Phi) is 6.65. The van der Waals surface area contributed by atoms with E-state index in [1.54, 1.807) is 14.0 Å².